The first-order valence-electron chi connectivity index (χ1n) is 12.1. The highest BCUT2D eigenvalue weighted by Crippen LogP contribution is 2.24. The quantitative estimate of drug-likeness (QED) is 0.423. The van der Waals surface area contributed by atoms with Crippen LogP contribution < -0.4 is 10.6 Å². The van der Waals surface area contributed by atoms with Crippen molar-refractivity contribution in [3.63, 3.8) is 0 Å². The van der Waals surface area contributed by atoms with Gasteiger partial charge in [-0.2, -0.15) is 0 Å². The molecule has 11 heteroatoms. The number of hydrogen-bond donors (Lipinski definition) is 3. The molecule has 3 aromatic carbocycles. The van der Waals surface area contributed by atoms with Crippen molar-refractivity contribution in [1.82, 2.24) is 15.1 Å². The number of nitrogens with zero attached hydrogens (tertiary/aromatic N) is 2. The van der Waals surface area contributed by atoms with E-state index in [1.54, 1.807) is 24.3 Å². The zero-order valence-electron chi connectivity index (χ0n) is 20.9. The number of aliphatic carboxylic acids is 1. The molecule has 0 spiro atoms. The van der Waals surface area contributed by atoms with E-state index in [4.69, 9.17) is 0 Å². The Kier molecular flexibility index (Phi) is 8.18. The molecule has 0 aromatic heterocycles. The number of carboxylic acids is 1. The maximum atomic E-state index is 13.6. The van der Waals surface area contributed by atoms with E-state index in [9.17, 15) is 33.1 Å². The minimum absolute atomic E-state index is 0.00284. The molecular formula is C28H26F2N4O5. The van der Waals surface area contributed by atoms with Gasteiger partial charge in [0.25, 0.3) is 11.8 Å². The first-order chi connectivity index (χ1) is 18.6. The molecule has 1 aliphatic rings. The number of urea groups is 1. The molecule has 0 aliphatic carbocycles. The lowest BCUT2D eigenvalue weighted by Gasteiger charge is -2.31. The van der Waals surface area contributed by atoms with E-state index in [1.165, 1.54) is 29.2 Å². The topological polar surface area (TPSA) is 119 Å². The molecule has 4 amide bonds. The summed E-state index contributed by atoms with van der Waals surface area (Å²) in [6.07, 6.45) is -1.94. The van der Waals surface area contributed by atoms with Gasteiger partial charge in [0.1, 0.15) is 11.6 Å². The third-order valence-electron chi connectivity index (χ3n) is 6.29. The minimum atomic E-state index is -1.42. The molecule has 2 unspecified atom stereocenters. The predicted octanol–water partition coefficient (Wildman–Crippen LogP) is 3.92. The van der Waals surface area contributed by atoms with Crippen molar-refractivity contribution < 1.29 is 33.1 Å². The normalized spacial score (nSPS) is 15.5. The molecule has 39 heavy (non-hydrogen) atoms. The van der Waals surface area contributed by atoms with Crippen molar-refractivity contribution >= 4 is 29.5 Å². The van der Waals surface area contributed by atoms with E-state index in [2.05, 4.69) is 10.6 Å². The van der Waals surface area contributed by atoms with Crippen LogP contribution >= 0.6 is 0 Å². The second-order valence-corrected chi connectivity index (χ2v) is 9.08. The van der Waals surface area contributed by atoms with Crippen LogP contribution in [0.5, 0.6) is 0 Å². The zero-order valence-corrected chi connectivity index (χ0v) is 20.9. The van der Waals surface area contributed by atoms with Crippen LogP contribution in [0.1, 0.15) is 33.9 Å². The van der Waals surface area contributed by atoms with E-state index < -0.39 is 54.1 Å². The molecule has 1 saturated heterocycles. The molecule has 2 atom stereocenters. The highest BCUT2D eigenvalue weighted by atomic mass is 19.1. The zero-order chi connectivity index (χ0) is 28.1. The Morgan fingerprint density at radius 3 is 2.03 bits per heavy atom. The number of aryl methyl sites for hydroxylation is 1. The van der Waals surface area contributed by atoms with Crippen molar-refractivity contribution in [3.05, 3.63) is 101 Å². The Bertz CT molecular complexity index is 1360. The van der Waals surface area contributed by atoms with E-state index >= 15 is 0 Å². The summed E-state index contributed by atoms with van der Waals surface area (Å²) in [6, 6.07) is 15.0. The fourth-order valence-electron chi connectivity index (χ4n) is 4.30. The van der Waals surface area contributed by atoms with Gasteiger partial charge in [-0.1, -0.05) is 29.8 Å². The second-order valence-electron chi connectivity index (χ2n) is 9.08. The molecule has 1 heterocycles. The summed E-state index contributed by atoms with van der Waals surface area (Å²) in [5.41, 5.74) is 1.85. The van der Waals surface area contributed by atoms with Gasteiger partial charge < -0.3 is 20.6 Å². The predicted molar refractivity (Wildman–Crippen MR) is 138 cm³/mol. The van der Waals surface area contributed by atoms with Crippen LogP contribution in [-0.2, 0) is 9.59 Å². The van der Waals surface area contributed by atoms with Gasteiger partial charge in [0.15, 0.2) is 6.17 Å². The SMILES string of the molecule is Cc1ccc(C(=O)N2CCN(C(=O)Nc3ccc(F)cc3)C2C(=O)NC(CC(=O)O)c2ccc(F)cc2)cc1. The van der Waals surface area contributed by atoms with Crippen LogP contribution in [0, 0.1) is 18.6 Å². The molecule has 1 aliphatic heterocycles. The maximum Gasteiger partial charge on any atom is 0.323 e. The Morgan fingerprint density at radius 1 is 0.872 bits per heavy atom. The number of anilines is 1. The standard InChI is InChI=1S/C28H26F2N4O5/c1-17-2-4-19(5-3-17)27(38)33-14-15-34(28(39)31-22-12-10-21(30)11-13-22)26(33)25(37)32-23(16-24(35)36)18-6-8-20(29)9-7-18/h2-13,23,26H,14-16H2,1H3,(H,31,39)(H,32,37)(H,35,36). The molecule has 0 bridgehead atoms. The molecule has 0 radical (unpaired) electrons. The third kappa shape index (κ3) is 6.56. The van der Waals surface area contributed by atoms with Crippen molar-refractivity contribution in [2.75, 3.05) is 18.4 Å². The van der Waals surface area contributed by atoms with Gasteiger partial charge in [-0.3, -0.25) is 19.3 Å². The van der Waals surface area contributed by atoms with Gasteiger partial charge in [0.2, 0.25) is 0 Å². The smallest absolute Gasteiger partial charge is 0.323 e. The highest BCUT2D eigenvalue weighted by Gasteiger charge is 2.43. The number of carbonyl (C=O) groups is 4. The number of halogens is 2. The Hall–Kier alpha value is -4.80. The molecular weight excluding hydrogens is 510 g/mol. The Morgan fingerprint density at radius 2 is 1.44 bits per heavy atom. The largest absolute Gasteiger partial charge is 0.481 e. The van der Waals surface area contributed by atoms with Gasteiger partial charge >= 0.3 is 12.0 Å². The number of carbonyl (C=O) groups excluding carboxylic acids is 3. The molecule has 1 fully saturated rings. The van der Waals surface area contributed by atoms with E-state index in [1.807, 2.05) is 6.92 Å². The second kappa shape index (κ2) is 11.7. The first-order valence-corrected chi connectivity index (χ1v) is 12.1. The lowest BCUT2D eigenvalue weighted by Crippen LogP contribution is -2.55. The summed E-state index contributed by atoms with van der Waals surface area (Å²) in [4.78, 5) is 54.2. The number of amides is 4. The molecule has 3 aromatic rings. The van der Waals surface area contributed by atoms with Gasteiger partial charge in [0.05, 0.1) is 12.5 Å². The monoisotopic (exact) mass is 536 g/mol. The lowest BCUT2D eigenvalue weighted by atomic mass is 10.0. The van der Waals surface area contributed by atoms with E-state index in [0.717, 1.165) is 34.7 Å². The summed E-state index contributed by atoms with van der Waals surface area (Å²) in [5, 5.41) is 14.6. The van der Waals surface area contributed by atoms with Crippen LogP contribution in [0.3, 0.4) is 0 Å². The van der Waals surface area contributed by atoms with Crippen LogP contribution in [0.15, 0.2) is 72.8 Å². The van der Waals surface area contributed by atoms with Crippen LogP contribution in [0.4, 0.5) is 19.3 Å². The van der Waals surface area contributed by atoms with Crippen molar-refractivity contribution in [1.29, 1.82) is 0 Å². The summed E-state index contributed by atoms with van der Waals surface area (Å²) in [7, 11) is 0. The molecule has 202 valence electrons. The number of carboxylic acid groups (broad SMARTS) is 1. The molecule has 0 saturated carbocycles. The van der Waals surface area contributed by atoms with Gasteiger partial charge in [-0.25, -0.2) is 13.6 Å². The molecule has 4 rings (SSSR count). The Labute approximate surface area is 223 Å². The number of rotatable bonds is 7. The fraction of sp³-hybridized carbons (Fsp3) is 0.214. The maximum absolute atomic E-state index is 13.6. The van der Waals surface area contributed by atoms with E-state index in [0.29, 0.717) is 11.1 Å². The van der Waals surface area contributed by atoms with Gasteiger partial charge in [0, 0.05) is 24.3 Å². The summed E-state index contributed by atoms with van der Waals surface area (Å²) < 4.78 is 26.8. The van der Waals surface area contributed by atoms with Crippen LogP contribution in [0.25, 0.3) is 0 Å². The van der Waals surface area contributed by atoms with Crippen LogP contribution in [-0.4, -0.2) is 58.0 Å². The number of benzene rings is 3. The fourth-order valence-corrected chi connectivity index (χ4v) is 4.30. The average Bonchev–Trinajstić information content (AvgIpc) is 3.35. The highest BCUT2D eigenvalue weighted by molar-refractivity contribution is 6.00. The Balaban J connectivity index is 1.63. The van der Waals surface area contributed by atoms with Crippen LogP contribution in [0.2, 0.25) is 0 Å². The van der Waals surface area contributed by atoms with Gasteiger partial charge in [-0.15, -0.1) is 0 Å². The lowest BCUT2D eigenvalue weighted by molar-refractivity contribution is -0.138. The van der Waals surface area contributed by atoms with Gasteiger partial charge in [-0.05, 0) is 61.0 Å². The average molecular weight is 537 g/mol. The first kappa shape index (κ1) is 27.2. The number of hydrogen-bond acceptors (Lipinski definition) is 4. The van der Waals surface area contributed by atoms with E-state index in [-0.39, 0.29) is 18.8 Å². The summed E-state index contributed by atoms with van der Waals surface area (Å²) >= 11 is 0. The molecule has 3 N–H and O–H groups in total. The third-order valence-corrected chi connectivity index (χ3v) is 6.29. The minimum Gasteiger partial charge on any atom is -0.481 e. The van der Waals surface area contributed by atoms with Crippen molar-refractivity contribution in [3.8, 4) is 0 Å². The van der Waals surface area contributed by atoms with Crippen molar-refractivity contribution in [2.45, 2.75) is 25.6 Å². The summed E-state index contributed by atoms with van der Waals surface area (Å²) in [5.74, 6) is -3.53. The molecule has 9 nitrogen and oxygen atoms in total. The summed E-state index contributed by atoms with van der Waals surface area (Å²) in [6.45, 7) is 1.89. The number of nitrogens with one attached hydrogen (secondary N) is 2. The van der Waals surface area contributed by atoms with Crippen molar-refractivity contribution in [2.24, 2.45) is 0 Å².